The van der Waals surface area contributed by atoms with Gasteiger partial charge in [0.15, 0.2) is 5.78 Å². The zero-order valence-electron chi connectivity index (χ0n) is 9.97. The number of ether oxygens (including phenoxy) is 1. The van der Waals surface area contributed by atoms with Gasteiger partial charge in [-0.15, -0.1) is 11.6 Å². The van der Waals surface area contributed by atoms with Crippen LogP contribution in [0.25, 0.3) is 0 Å². The Labute approximate surface area is 102 Å². The second-order valence-electron chi connectivity index (χ2n) is 3.81. The van der Waals surface area contributed by atoms with Crippen LogP contribution in [0, 0.1) is 13.8 Å². The van der Waals surface area contributed by atoms with Gasteiger partial charge in [-0.2, -0.15) is 0 Å². The molecule has 1 aromatic carbocycles. The third-order valence-electron chi connectivity index (χ3n) is 2.41. The molecule has 0 saturated carbocycles. The van der Waals surface area contributed by atoms with Crippen LogP contribution >= 0.6 is 11.6 Å². The summed E-state index contributed by atoms with van der Waals surface area (Å²) >= 11 is 5.61. The third kappa shape index (κ3) is 2.76. The molecule has 0 bridgehead atoms. The summed E-state index contributed by atoms with van der Waals surface area (Å²) < 4.78 is 5.64. The van der Waals surface area contributed by atoms with Crippen LogP contribution in [0.5, 0.6) is 5.75 Å². The molecule has 1 rings (SSSR count). The molecule has 0 saturated heterocycles. The normalized spacial score (nSPS) is 10.2. The molecule has 16 heavy (non-hydrogen) atoms. The van der Waals surface area contributed by atoms with E-state index in [2.05, 4.69) is 0 Å². The van der Waals surface area contributed by atoms with Crippen LogP contribution < -0.4 is 4.74 Å². The Kier molecular flexibility index (Phi) is 4.81. The SMILES string of the molecule is CCCOc1c(C)ccc(C)c1C(=O)CCl. The van der Waals surface area contributed by atoms with Crippen LogP contribution in [0.3, 0.4) is 0 Å². The van der Waals surface area contributed by atoms with E-state index >= 15 is 0 Å². The highest BCUT2D eigenvalue weighted by Gasteiger charge is 2.16. The van der Waals surface area contributed by atoms with E-state index in [0.29, 0.717) is 17.9 Å². The lowest BCUT2D eigenvalue weighted by Gasteiger charge is -2.14. The molecule has 88 valence electrons. The van der Waals surface area contributed by atoms with Crippen molar-refractivity contribution < 1.29 is 9.53 Å². The summed E-state index contributed by atoms with van der Waals surface area (Å²) in [5.41, 5.74) is 2.53. The highest BCUT2D eigenvalue weighted by molar-refractivity contribution is 6.31. The quantitative estimate of drug-likeness (QED) is 0.582. The molecular weight excluding hydrogens is 224 g/mol. The Morgan fingerprint density at radius 2 is 1.94 bits per heavy atom. The molecule has 0 aliphatic rings. The standard InChI is InChI=1S/C13H17ClO2/c1-4-7-16-13-10(3)6-5-9(2)12(13)11(15)8-14/h5-6H,4,7-8H2,1-3H3. The maximum absolute atomic E-state index is 11.8. The summed E-state index contributed by atoms with van der Waals surface area (Å²) in [6.45, 7) is 6.49. The minimum Gasteiger partial charge on any atom is -0.493 e. The summed E-state index contributed by atoms with van der Waals surface area (Å²) in [5, 5.41) is 0. The number of rotatable bonds is 5. The Morgan fingerprint density at radius 1 is 1.31 bits per heavy atom. The number of hydrogen-bond acceptors (Lipinski definition) is 2. The van der Waals surface area contributed by atoms with E-state index in [1.165, 1.54) is 0 Å². The maximum atomic E-state index is 11.8. The van der Waals surface area contributed by atoms with Crippen LogP contribution in [-0.4, -0.2) is 18.3 Å². The summed E-state index contributed by atoms with van der Waals surface area (Å²) in [7, 11) is 0. The van der Waals surface area contributed by atoms with Gasteiger partial charge >= 0.3 is 0 Å². The first-order chi connectivity index (χ1) is 7.61. The van der Waals surface area contributed by atoms with Crippen LogP contribution in [0.4, 0.5) is 0 Å². The van der Waals surface area contributed by atoms with E-state index in [1.807, 2.05) is 32.9 Å². The molecule has 2 nitrogen and oxygen atoms in total. The average Bonchev–Trinajstić information content (AvgIpc) is 2.29. The number of aryl methyl sites for hydroxylation is 2. The van der Waals surface area contributed by atoms with Gasteiger partial charge in [-0.25, -0.2) is 0 Å². The zero-order chi connectivity index (χ0) is 12.1. The largest absolute Gasteiger partial charge is 0.493 e. The van der Waals surface area contributed by atoms with E-state index < -0.39 is 0 Å². The Bertz CT molecular complexity index is 386. The van der Waals surface area contributed by atoms with E-state index in [9.17, 15) is 4.79 Å². The molecule has 0 heterocycles. The summed E-state index contributed by atoms with van der Waals surface area (Å²) in [5.74, 6) is 0.605. The van der Waals surface area contributed by atoms with Crippen molar-refractivity contribution in [3.8, 4) is 5.75 Å². The fraction of sp³-hybridized carbons (Fsp3) is 0.462. The van der Waals surface area contributed by atoms with Gasteiger partial charge in [0.1, 0.15) is 5.75 Å². The Morgan fingerprint density at radius 3 is 2.50 bits per heavy atom. The van der Waals surface area contributed by atoms with Gasteiger partial charge in [0.05, 0.1) is 18.1 Å². The van der Waals surface area contributed by atoms with Crippen LogP contribution in [-0.2, 0) is 0 Å². The summed E-state index contributed by atoms with van der Waals surface area (Å²) in [6, 6.07) is 3.89. The minimum absolute atomic E-state index is 0.00716. The second-order valence-corrected chi connectivity index (χ2v) is 4.08. The van der Waals surface area contributed by atoms with Crippen molar-refractivity contribution in [3.05, 3.63) is 28.8 Å². The minimum atomic E-state index is -0.0750. The molecule has 0 aliphatic carbocycles. The molecule has 0 aromatic heterocycles. The predicted molar refractivity (Wildman–Crippen MR) is 66.8 cm³/mol. The average molecular weight is 241 g/mol. The summed E-state index contributed by atoms with van der Waals surface area (Å²) in [6.07, 6.45) is 0.919. The van der Waals surface area contributed by atoms with Crippen molar-refractivity contribution in [2.24, 2.45) is 0 Å². The predicted octanol–water partition coefficient (Wildman–Crippen LogP) is 3.51. The van der Waals surface area contributed by atoms with Crippen molar-refractivity contribution in [1.29, 1.82) is 0 Å². The van der Waals surface area contributed by atoms with E-state index in [1.54, 1.807) is 0 Å². The van der Waals surface area contributed by atoms with E-state index in [0.717, 1.165) is 17.5 Å². The molecule has 0 N–H and O–H groups in total. The zero-order valence-corrected chi connectivity index (χ0v) is 10.7. The van der Waals surface area contributed by atoms with Gasteiger partial charge in [0.2, 0.25) is 0 Å². The second kappa shape index (κ2) is 5.90. The smallest absolute Gasteiger partial charge is 0.181 e. The fourth-order valence-electron chi connectivity index (χ4n) is 1.59. The number of halogens is 1. The molecule has 0 fully saturated rings. The van der Waals surface area contributed by atoms with Gasteiger partial charge in [-0.3, -0.25) is 4.79 Å². The lowest BCUT2D eigenvalue weighted by Crippen LogP contribution is -2.09. The first-order valence-electron chi connectivity index (χ1n) is 5.44. The van der Waals surface area contributed by atoms with Crippen LogP contribution in [0.2, 0.25) is 0 Å². The van der Waals surface area contributed by atoms with Crippen molar-refractivity contribution in [1.82, 2.24) is 0 Å². The Balaban J connectivity index is 3.19. The number of ketones is 1. The highest BCUT2D eigenvalue weighted by atomic mass is 35.5. The van der Waals surface area contributed by atoms with E-state index in [-0.39, 0.29) is 11.7 Å². The number of Topliss-reactive ketones (excluding diaryl/α,β-unsaturated/α-hetero) is 1. The fourth-order valence-corrected chi connectivity index (χ4v) is 1.72. The number of benzene rings is 1. The molecule has 0 spiro atoms. The maximum Gasteiger partial charge on any atom is 0.181 e. The lowest BCUT2D eigenvalue weighted by atomic mass is 10.0. The molecule has 0 atom stereocenters. The van der Waals surface area contributed by atoms with Gasteiger partial charge in [-0.1, -0.05) is 19.1 Å². The topological polar surface area (TPSA) is 26.3 Å². The highest BCUT2D eigenvalue weighted by Crippen LogP contribution is 2.27. The molecule has 0 amide bonds. The van der Waals surface area contributed by atoms with E-state index in [4.69, 9.17) is 16.3 Å². The van der Waals surface area contributed by atoms with Crippen molar-refractivity contribution in [3.63, 3.8) is 0 Å². The molecular formula is C13H17ClO2. The first-order valence-corrected chi connectivity index (χ1v) is 5.97. The Hall–Kier alpha value is -1.02. The van der Waals surface area contributed by atoms with Crippen LogP contribution in [0.15, 0.2) is 12.1 Å². The van der Waals surface area contributed by atoms with Gasteiger partial charge in [0, 0.05) is 0 Å². The van der Waals surface area contributed by atoms with Crippen molar-refractivity contribution in [2.45, 2.75) is 27.2 Å². The molecule has 1 aromatic rings. The first kappa shape index (κ1) is 13.0. The van der Waals surface area contributed by atoms with Gasteiger partial charge in [0.25, 0.3) is 0 Å². The van der Waals surface area contributed by atoms with Gasteiger partial charge in [-0.05, 0) is 31.4 Å². The number of hydrogen-bond donors (Lipinski definition) is 0. The number of carbonyl (C=O) groups excluding carboxylic acids is 1. The molecule has 3 heteroatoms. The van der Waals surface area contributed by atoms with Crippen molar-refractivity contribution in [2.75, 3.05) is 12.5 Å². The number of alkyl halides is 1. The molecule has 0 unspecified atom stereocenters. The number of carbonyl (C=O) groups is 1. The monoisotopic (exact) mass is 240 g/mol. The van der Waals surface area contributed by atoms with Crippen molar-refractivity contribution >= 4 is 17.4 Å². The third-order valence-corrected chi connectivity index (χ3v) is 2.66. The molecule has 0 aliphatic heterocycles. The lowest BCUT2D eigenvalue weighted by molar-refractivity contribution is 0.101. The summed E-state index contributed by atoms with van der Waals surface area (Å²) in [4.78, 5) is 11.8. The van der Waals surface area contributed by atoms with Gasteiger partial charge < -0.3 is 4.74 Å². The van der Waals surface area contributed by atoms with Crippen LogP contribution in [0.1, 0.15) is 34.8 Å². The molecule has 0 radical (unpaired) electrons.